The van der Waals surface area contributed by atoms with Crippen LogP contribution in [-0.2, 0) is 11.2 Å². The Morgan fingerprint density at radius 3 is 2.44 bits per heavy atom. The van der Waals surface area contributed by atoms with Crippen molar-refractivity contribution in [2.45, 2.75) is 40.5 Å². The lowest BCUT2D eigenvalue weighted by atomic mass is 10.1. The fourth-order valence-corrected chi connectivity index (χ4v) is 4.48. The van der Waals surface area contributed by atoms with Gasteiger partial charge in [0.2, 0.25) is 11.0 Å². The largest absolute Gasteiger partial charge is 0.326 e. The maximum absolute atomic E-state index is 13.0. The predicted molar refractivity (Wildman–Crippen MR) is 130 cm³/mol. The standard InChI is InChI=1S/C25H26N4O2S/c1-15-8-10-19(11-9-15)21-14-32-25(26-21)29-24(31)20(18(4)28-29)12-13-22(30)27-23-16(2)6-5-7-17(23)3/h5-11,14,28H,12-13H2,1-4H3,(H,27,30). The third-order valence-electron chi connectivity index (χ3n) is 5.57. The number of aryl methyl sites for hydroxylation is 4. The van der Waals surface area contributed by atoms with Crippen molar-refractivity contribution in [3.05, 3.63) is 86.1 Å². The number of anilines is 1. The van der Waals surface area contributed by atoms with Crippen LogP contribution in [0.1, 0.15) is 34.4 Å². The minimum Gasteiger partial charge on any atom is -0.326 e. The molecule has 2 heterocycles. The third-order valence-corrected chi connectivity index (χ3v) is 6.40. The summed E-state index contributed by atoms with van der Waals surface area (Å²) in [5.41, 5.74) is 7.11. The minimum absolute atomic E-state index is 0.107. The second-order valence-electron chi connectivity index (χ2n) is 8.05. The predicted octanol–water partition coefficient (Wildman–Crippen LogP) is 5.09. The van der Waals surface area contributed by atoms with Gasteiger partial charge in [0.15, 0.2) is 0 Å². The molecule has 4 rings (SSSR count). The number of thiazole rings is 1. The Morgan fingerprint density at radius 1 is 1.06 bits per heavy atom. The smallest absolute Gasteiger partial charge is 0.276 e. The first kappa shape index (κ1) is 21.8. The van der Waals surface area contributed by atoms with Gasteiger partial charge in [0.1, 0.15) is 0 Å². The molecule has 6 nitrogen and oxygen atoms in total. The van der Waals surface area contributed by atoms with Gasteiger partial charge in [-0.05, 0) is 45.2 Å². The van der Waals surface area contributed by atoms with Gasteiger partial charge in [-0.1, -0.05) is 48.0 Å². The lowest BCUT2D eigenvalue weighted by molar-refractivity contribution is -0.116. The van der Waals surface area contributed by atoms with Gasteiger partial charge >= 0.3 is 0 Å². The van der Waals surface area contributed by atoms with Crippen LogP contribution in [0.15, 0.2) is 52.6 Å². The van der Waals surface area contributed by atoms with Crippen LogP contribution < -0.4 is 10.9 Å². The third kappa shape index (κ3) is 4.43. The van der Waals surface area contributed by atoms with E-state index in [9.17, 15) is 9.59 Å². The van der Waals surface area contributed by atoms with E-state index in [-0.39, 0.29) is 17.9 Å². The summed E-state index contributed by atoms with van der Waals surface area (Å²) >= 11 is 1.41. The van der Waals surface area contributed by atoms with Gasteiger partial charge in [-0.15, -0.1) is 11.3 Å². The lowest BCUT2D eigenvalue weighted by Crippen LogP contribution is -2.19. The van der Waals surface area contributed by atoms with Gasteiger partial charge in [-0.3, -0.25) is 14.7 Å². The summed E-state index contributed by atoms with van der Waals surface area (Å²) in [6.07, 6.45) is 0.593. The monoisotopic (exact) mass is 446 g/mol. The summed E-state index contributed by atoms with van der Waals surface area (Å²) in [4.78, 5) is 30.2. The number of H-pyrrole nitrogens is 1. The molecular weight excluding hydrogens is 420 g/mol. The summed E-state index contributed by atoms with van der Waals surface area (Å²) in [6, 6.07) is 14.0. The van der Waals surface area contributed by atoms with Gasteiger partial charge in [0.05, 0.1) is 5.69 Å². The average molecular weight is 447 g/mol. The summed E-state index contributed by atoms with van der Waals surface area (Å²) in [7, 11) is 0. The van der Waals surface area contributed by atoms with Gasteiger partial charge < -0.3 is 5.32 Å². The van der Waals surface area contributed by atoms with Crippen molar-refractivity contribution < 1.29 is 4.79 Å². The molecule has 0 spiro atoms. The maximum Gasteiger partial charge on any atom is 0.276 e. The van der Waals surface area contributed by atoms with E-state index in [2.05, 4.69) is 15.4 Å². The highest BCUT2D eigenvalue weighted by Crippen LogP contribution is 2.24. The number of amides is 1. The van der Waals surface area contributed by atoms with E-state index in [0.717, 1.165) is 33.8 Å². The number of nitrogens with one attached hydrogen (secondary N) is 2. The molecule has 32 heavy (non-hydrogen) atoms. The number of nitrogens with zero attached hydrogens (tertiary/aromatic N) is 2. The average Bonchev–Trinajstić information content (AvgIpc) is 3.35. The Hall–Kier alpha value is -3.45. The molecule has 0 radical (unpaired) electrons. The Labute approximate surface area is 190 Å². The van der Waals surface area contributed by atoms with E-state index in [1.807, 2.05) is 75.5 Å². The molecule has 2 N–H and O–H groups in total. The van der Waals surface area contributed by atoms with Crippen molar-refractivity contribution >= 4 is 22.9 Å². The summed E-state index contributed by atoms with van der Waals surface area (Å²) in [6.45, 7) is 7.83. The fraction of sp³-hybridized carbons (Fsp3) is 0.240. The molecular formula is C25H26N4O2S. The SMILES string of the molecule is Cc1ccc(-c2csc(-n3[nH]c(C)c(CCC(=O)Nc4c(C)cccc4C)c3=O)n2)cc1. The van der Waals surface area contributed by atoms with Gasteiger partial charge in [-0.25, -0.2) is 4.98 Å². The molecule has 1 amide bonds. The highest BCUT2D eigenvalue weighted by atomic mass is 32.1. The number of aromatic nitrogens is 3. The normalized spacial score (nSPS) is 11.0. The fourth-order valence-electron chi connectivity index (χ4n) is 3.69. The first-order valence-corrected chi connectivity index (χ1v) is 11.4. The van der Waals surface area contributed by atoms with Crippen LogP contribution in [0.3, 0.4) is 0 Å². The Kier molecular flexibility index (Phi) is 6.10. The highest BCUT2D eigenvalue weighted by Gasteiger charge is 2.17. The summed E-state index contributed by atoms with van der Waals surface area (Å²) < 4.78 is 1.47. The summed E-state index contributed by atoms with van der Waals surface area (Å²) in [5, 5.41) is 8.63. The molecule has 2 aromatic carbocycles. The molecule has 2 aromatic heterocycles. The number of carbonyl (C=O) groups is 1. The number of aromatic amines is 1. The van der Waals surface area contributed by atoms with Crippen molar-refractivity contribution in [1.82, 2.24) is 14.8 Å². The van der Waals surface area contributed by atoms with E-state index in [4.69, 9.17) is 0 Å². The van der Waals surface area contributed by atoms with Crippen LogP contribution in [0.2, 0.25) is 0 Å². The van der Waals surface area contributed by atoms with Gasteiger partial charge in [0.25, 0.3) is 5.56 Å². The molecule has 164 valence electrons. The molecule has 0 atom stereocenters. The number of benzene rings is 2. The second-order valence-corrected chi connectivity index (χ2v) is 8.89. The summed E-state index contributed by atoms with van der Waals surface area (Å²) in [5.74, 6) is -0.107. The van der Waals surface area contributed by atoms with Crippen molar-refractivity contribution in [3.8, 4) is 16.4 Å². The van der Waals surface area contributed by atoms with Crippen LogP contribution in [0.25, 0.3) is 16.4 Å². The van der Waals surface area contributed by atoms with Gasteiger partial charge in [0, 0.05) is 34.3 Å². The number of para-hydroxylation sites is 1. The maximum atomic E-state index is 13.0. The van der Waals surface area contributed by atoms with Crippen LogP contribution in [0, 0.1) is 27.7 Å². The van der Waals surface area contributed by atoms with Gasteiger partial charge in [-0.2, -0.15) is 4.68 Å². The van der Waals surface area contributed by atoms with E-state index < -0.39 is 0 Å². The molecule has 0 saturated carbocycles. The van der Waals surface area contributed by atoms with Crippen molar-refractivity contribution in [3.63, 3.8) is 0 Å². The molecule has 0 fully saturated rings. The number of hydrogen-bond acceptors (Lipinski definition) is 4. The topological polar surface area (TPSA) is 79.8 Å². The molecule has 0 saturated heterocycles. The van der Waals surface area contributed by atoms with Crippen molar-refractivity contribution in [2.24, 2.45) is 0 Å². The molecule has 0 bridgehead atoms. The van der Waals surface area contributed by atoms with E-state index in [1.165, 1.54) is 21.6 Å². The Balaban J connectivity index is 1.49. The van der Waals surface area contributed by atoms with Crippen molar-refractivity contribution in [2.75, 3.05) is 5.32 Å². The molecule has 7 heteroatoms. The first-order chi connectivity index (χ1) is 15.3. The molecule has 0 aliphatic rings. The van der Waals surface area contributed by atoms with Crippen LogP contribution in [-0.4, -0.2) is 20.7 Å². The quantitative estimate of drug-likeness (QED) is 0.433. The zero-order valence-corrected chi connectivity index (χ0v) is 19.5. The molecule has 4 aromatic rings. The van der Waals surface area contributed by atoms with Crippen LogP contribution >= 0.6 is 11.3 Å². The number of rotatable bonds is 6. The number of hydrogen-bond donors (Lipinski definition) is 2. The Bertz CT molecular complexity index is 1310. The van der Waals surface area contributed by atoms with E-state index >= 15 is 0 Å². The Morgan fingerprint density at radius 2 is 1.75 bits per heavy atom. The van der Waals surface area contributed by atoms with E-state index in [1.54, 1.807) is 0 Å². The second kappa shape index (κ2) is 8.96. The van der Waals surface area contributed by atoms with E-state index in [0.29, 0.717) is 17.1 Å². The first-order valence-electron chi connectivity index (χ1n) is 10.5. The molecule has 0 aliphatic heterocycles. The zero-order chi connectivity index (χ0) is 22.8. The molecule has 0 aliphatic carbocycles. The van der Waals surface area contributed by atoms with Crippen LogP contribution in [0.5, 0.6) is 0 Å². The highest BCUT2D eigenvalue weighted by molar-refractivity contribution is 7.12. The number of carbonyl (C=O) groups excluding carboxylic acids is 1. The van der Waals surface area contributed by atoms with Crippen LogP contribution in [0.4, 0.5) is 5.69 Å². The molecule has 0 unspecified atom stereocenters. The lowest BCUT2D eigenvalue weighted by Gasteiger charge is -2.11. The zero-order valence-electron chi connectivity index (χ0n) is 18.7. The minimum atomic E-state index is -0.160. The van der Waals surface area contributed by atoms with Crippen molar-refractivity contribution in [1.29, 1.82) is 0 Å².